The second-order valence-electron chi connectivity index (χ2n) is 12.3. The van der Waals surface area contributed by atoms with Gasteiger partial charge in [0.1, 0.15) is 28.6 Å². The lowest BCUT2D eigenvalue weighted by molar-refractivity contribution is -0.0242. The molecule has 0 fully saturated rings. The first-order valence-electron chi connectivity index (χ1n) is 15.8. The Labute approximate surface area is 289 Å². The van der Waals surface area contributed by atoms with Crippen LogP contribution in [0.1, 0.15) is 36.9 Å². The molecule has 1 aliphatic heterocycles. The number of furan rings is 1. The average molecular weight is 721 g/mol. The van der Waals surface area contributed by atoms with Gasteiger partial charge in [-0.15, -0.1) is 0 Å². The van der Waals surface area contributed by atoms with Crippen molar-refractivity contribution in [2.45, 2.75) is 32.4 Å². The van der Waals surface area contributed by atoms with Gasteiger partial charge in [0.25, 0.3) is 5.92 Å². The van der Waals surface area contributed by atoms with Crippen LogP contribution in [0.4, 0.5) is 18.9 Å². The molecule has 1 aliphatic rings. The van der Waals surface area contributed by atoms with E-state index in [1.54, 1.807) is 47.9 Å². The number of aliphatic hydroxyl groups excluding tert-OH is 1. The molecule has 0 saturated carbocycles. The van der Waals surface area contributed by atoms with Crippen molar-refractivity contribution in [1.82, 2.24) is 14.5 Å². The molecule has 0 spiro atoms. The Morgan fingerprint density at radius 3 is 2.57 bits per heavy atom. The zero-order valence-corrected chi connectivity index (χ0v) is 28.6. The van der Waals surface area contributed by atoms with Crippen LogP contribution in [0, 0.1) is 5.82 Å². The average Bonchev–Trinajstić information content (AvgIpc) is 3.68. The van der Waals surface area contributed by atoms with E-state index >= 15 is 0 Å². The standard InChI is InChI=1S/C36H31F3N4O7S/c1-5-28(45)33-22-13-21(24-10-11-29-34(41-24)27-14-20-23(37)7-6-8-25(20)43(27)32(17-44)49-29)26(42(3)51(4,46)47)15-30(22)50-35(33)19-9-12-31(40-16-19)48-18-36(2,38)39/h6-16,32,44H,5,17-18H2,1-4H3. The number of fused-ring (bicyclic) bond motifs is 6. The molecule has 6 aromatic rings. The van der Waals surface area contributed by atoms with Gasteiger partial charge in [-0.2, -0.15) is 0 Å². The lowest BCUT2D eigenvalue weighted by Gasteiger charge is -2.28. The van der Waals surface area contributed by atoms with Crippen LogP contribution in [0.2, 0.25) is 0 Å². The number of benzene rings is 2. The maximum absolute atomic E-state index is 14.9. The third kappa shape index (κ3) is 6.05. The molecule has 11 nitrogen and oxygen atoms in total. The SMILES string of the molecule is CCC(=O)c1c(-c2ccc(OCC(C)(F)F)nc2)oc2cc(N(C)S(C)(=O)=O)c(-c3ccc4c(n3)-c3cc5c(F)cccc5n3C(CO)O4)cc12. The predicted octanol–water partition coefficient (Wildman–Crippen LogP) is 7.22. The van der Waals surface area contributed by atoms with Crippen LogP contribution in [-0.2, 0) is 10.0 Å². The molecular formula is C36H31F3N4O7S. The molecule has 2 aromatic carbocycles. The van der Waals surface area contributed by atoms with E-state index in [1.807, 2.05) is 0 Å². The van der Waals surface area contributed by atoms with Crippen LogP contribution < -0.4 is 13.8 Å². The van der Waals surface area contributed by atoms with Crippen molar-refractivity contribution in [1.29, 1.82) is 0 Å². The van der Waals surface area contributed by atoms with Crippen LogP contribution in [0.3, 0.4) is 0 Å². The van der Waals surface area contributed by atoms with Crippen LogP contribution in [0.5, 0.6) is 11.6 Å². The summed E-state index contributed by atoms with van der Waals surface area (Å²) < 4.78 is 87.5. The van der Waals surface area contributed by atoms with Crippen molar-refractivity contribution in [3.05, 3.63) is 78.2 Å². The first-order valence-corrected chi connectivity index (χ1v) is 17.7. The van der Waals surface area contributed by atoms with Crippen LogP contribution in [-0.4, -0.2) is 66.3 Å². The monoisotopic (exact) mass is 720 g/mol. The highest BCUT2D eigenvalue weighted by Gasteiger charge is 2.31. The van der Waals surface area contributed by atoms with Gasteiger partial charge in [0, 0.05) is 60.6 Å². The summed E-state index contributed by atoms with van der Waals surface area (Å²) in [5, 5.41) is 10.8. The molecule has 1 N–H and O–H groups in total. The number of sulfonamides is 1. The largest absolute Gasteiger partial charge is 0.471 e. The van der Waals surface area contributed by atoms with Crippen LogP contribution >= 0.6 is 0 Å². The summed E-state index contributed by atoms with van der Waals surface area (Å²) in [4.78, 5) is 22.5. The molecule has 7 rings (SSSR count). The Kier molecular flexibility index (Phi) is 8.29. The number of Topliss-reactive ketones (excluding diaryl/α,β-unsaturated/α-hetero) is 1. The summed E-state index contributed by atoms with van der Waals surface area (Å²) in [5.41, 5.74) is 2.89. The summed E-state index contributed by atoms with van der Waals surface area (Å²) in [7, 11) is -2.46. The first-order chi connectivity index (χ1) is 24.2. The minimum Gasteiger partial charge on any atom is -0.471 e. The number of carbonyl (C=O) groups is 1. The van der Waals surface area contributed by atoms with Gasteiger partial charge < -0.3 is 23.6 Å². The fraction of sp³-hybridized carbons (Fsp3) is 0.250. The number of anilines is 1. The Bertz CT molecular complexity index is 2460. The second-order valence-corrected chi connectivity index (χ2v) is 14.3. The van der Waals surface area contributed by atoms with Crippen LogP contribution in [0.15, 0.2) is 71.3 Å². The number of ketones is 1. The van der Waals surface area contributed by atoms with Gasteiger partial charge >= 0.3 is 0 Å². The smallest absolute Gasteiger partial charge is 0.278 e. The molecule has 0 saturated heterocycles. The Morgan fingerprint density at radius 1 is 1.12 bits per heavy atom. The van der Waals surface area contributed by atoms with Crippen molar-refractivity contribution >= 4 is 43.4 Å². The van der Waals surface area contributed by atoms with Crippen molar-refractivity contribution in [3.8, 4) is 45.6 Å². The maximum Gasteiger partial charge on any atom is 0.278 e. The zero-order chi connectivity index (χ0) is 36.4. The molecule has 4 aromatic heterocycles. The summed E-state index contributed by atoms with van der Waals surface area (Å²) in [6.45, 7) is 1.14. The van der Waals surface area contributed by atoms with Crippen molar-refractivity contribution < 1.29 is 45.4 Å². The van der Waals surface area contributed by atoms with Gasteiger partial charge in [-0.25, -0.2) is 31.6 Å². The second kappa shape index (κ2) is 12.4. The quantitative estimate of drug-likeness (QED) is 0.145. The zero-order valence-electron chi connectivity index (χ0n) is 27.8. The predicted molar refractivity (Wildman–Crippen MR) is 184 cm³/mol. The number of ether oxygens (including phenoxy) is 2. The number of halogens is 3. The normalized spacial score (nSPS) is 14.3. The van der Waals surface area contributed by atoms with E-state index < -0.39 is 41.2 Å². The summed E-state index contributed by atoms with van der Waals surface area (Å²) >= 11 is 0. The Balaban J connectivity index is 1.42. The third-order valence-corrected chi connectivity index (χ3v) is 9.82. The fourth-order valence-electron chi connectivity index (χ4n) is 6.13. The van der Waals surface area contributed by atoms with Gasteiger partial charge in [-0.3, -0.25) is 9.10 Å². The van der Waals surface area contributed by atoms with Gasteiger partial charge in [0.2, 0.25) is 15.9 Å². The minimum absolute atomic E-state index is 0.0475. The van der Waals surface area contributed by atoms with Gasteiger partial charge in [-0.1, -0.05) is 13.0 Å². The first kappa shape index (κ1) is 34.1. The number of rotatable bonds is 10. The van der Waals surface area contributed by atoms with Crippen LogP contribution in [0.25, 0.3) is 55.8 Å². The number of aromatic nitrogens is 3. The van der Waals surface area contributed by atoms with Gasteiger partial charge in [-0.05, 0) is 42.5 Å². The van der Waals surface area contributed by atoms with E-state index in [9.17, 15) is 31.5 Å². The molecule has 264 valence electrons. The van der Waals surface area contributed by atoms with Gasteiger partial charge in [0.05, 0.1) is 41.0 Å². The molecule has 51 heavy (non-hydrogen) atoms. The highest BCUT2D eigenvalue weighted by Crippen LogP contribution is 2.45. The highest BCUT2D eigenvalue weighted by molar-refractivity contribution is 7.92. The summed E-state index contributed by atoms with van der Waals surface area (Å²) in [6, 6.07) is 15.5. The lowest BCUT2D eigenvalue weighted by atomic mass is 9.98. The van der Waals surface area contributed by atoms with E-state index in [0.29, 0.717) is 50.2 Å². The summed E-state index contributed by atoms with van der Waals surface area (Å²) in [6.07, 6.45) is 1.63. The van der Waals surface area contributed by atoms with E-state index in [-0.39, 0.29) is 40.7 Å². The van der Waals surface area contributed by atoms with E-state index in [2.05, 4.69) is 4.98 Å². The van der Waals surface area contributed by atoms with E-state index in [0.717, 1.165) is 17.5 Å². The number of nitrogens with zero attached hydrogens (tertiary/aromatic N) is 4. The van der Waals surface area contributed by atoms with Crippen molar-refractivity contribution in [2.24, 2.45) is 0 Å². The lowest BCUT2D eigenvalue weighted by Crippen LogP contribution is -2.26. The van der Waals surface area contributed by atoms with Crippen molar-refractivity contribution in [3.63, 3.8) is 0 Å². The molecule has 5 heterocycles. The number of alkyl halides is 2. The molecule has 0 amide bonds. The molecule has 0 aliphatic carbocycles. The topological polar surface area (TPSA) is 137 Å². The Morgan fingerprint density at radius 2 is 1.90 bits per heavy atom. The minimum atomic E-state index is -3.83. The highest BCUT2D eigenvalue weighted by atomic mass is 32.2. The van der Waals surface area contributed by atoms with E-state index in [1.165, 1.54) is 37.5 Å². The van der Waals surface area contributed by atoms with Gasteiger partial charge in [0.15, 0.2) is 18.6 Å². The molecule has 1 unspecified atom stereocenters. The van der Waals surface area contributed by atoms with E-state index in [4.69, 9.17) is 18.9 Å². The number of pyridine rings is 2. The fourth-order valence-corrected chi connectivity index (χ4v) is 6.64. The molecule has 15 heteroatoms. The van der Waals surface area contributed by atoms with Crippen molar-refractivity contribution in [2.75, 3.05) is 30.8 Å². The molecule has 0 bridgehead atoms. The molecule has 0 radical (unpaired) electrons. The molecular weight excluding hydrogens is 689 g/mol. The number of aliphatic hydroxyl groups is 1. The number of hydrogen-bond acceptors (Lipinski definition) is 9. The number of hydrogen-bond donors (Lipinski definition) is 1. The Hall–Kier alpha value is -5.41. The third-order valence-electron chi connectivity index (χ3n) is 8.63. The summed E-state index contributed by atoms with van der Waals surface area (Å²) in [5.74, 6) is -3.38. The number of carbonyl (C=O) groups excluding carboxylic acids is 1. The molecule has 1 atom stereocenters. The maximum atomic E-state index is 14.9.